The number of carbonyl (C=O) groups excluding carboxylic acids is 1. The zero-order valence-electron chi connectivity index (χ0n) is 12.6. The molecule has 1 unspecified atom stereocenters. The van der Waals surface area contributed by atoms with Gasteiger partial charge >= 0.3 is 0 Å². The van der Waals surface area contributed by atoms with E-state index in [0.717, 1.165) is 18.7 Å². The van der Waals surface area contributed by atoms with Gasteiger partial charge in [-0.25, -0.2) is 0 Å². The van der Waals surface area contributed by atoms with Gasteiger partial charge in [0.25, 0.3) is 5.91 Å². The zero-order chi connectivity index (χ0) is 14.6. The van der Waals surface area contributed by atoms with Crippen LogP contribution in [0.4, 0.5) is 11.4 Å². The van der Waals surface area contributed by atoms with Crippen molar-refractivity contribution in [2.75, 3.05) is 38.3 Å². The maximum Gasteiger partial charge on any atom is 0.255 e. The Balaban J connectivity index is 3.01. The molecule has 0 aromatic heterocycles. The summed E-state index contributed by atoms with van der Waals surface area (Å²) in [5.41, 5.74) is 7.98. The van der Waals surface area contributed by atoms with E-state index in [9.17, 15) is 4.79 Å². The number of carbonyl (C=O) groups is 1. The molecule has 0 spiro atoms. The van der Waals surface area contributed by atoms with Crippen molar-refractivity contribution in [2.24, 2.45) is 5.92 Å². The number of hydrogen-bond donors (Lipinski definition) is 1. The van der Waals surface area contributed by atoms with Crippen molar-refractivity contribution >= 4 is 17.3 Å². The number of hydrogen-bond acceptors (Lipinski definition) is 3. The standard InChI is InChI=1S/C15H25N3O/c1-6-11(2)10-18(5)15(19)13-9-12(16)7-8-14(13)17(3)4/h7-9,11H,6,10,16H2,1-5H3. The van der Waals surface area contributed by atoms with Gasteiger partial charge in [-0.05, 0) is 24.1 Å². The van der Waals surface area contributed by atoms with Gasteiger partial charge in [0.05, 0.1) is 5.56 Å². The van der Waals surface area contributed by atoms with Gasteiger partial charge in [0, 0.05) is 39.1 Å². The predicted molar refractivity (Wildman–Crippen MR) is 81.6 cm³/mol. The maximum atomic E-state index is 12.5. The van der Waals surface area contributed by atoms with E-state index < -0.39 is 0 Å². The number of amides is 1. The van der Waals surface area contributed by atoms with Gasteiger partial charge < -0.3 is 15.5 Å². The Bertz CT molecular complexity index is 443. The summed E-state index contributed by atoms with van der Waals surface area (Å²) in [5.74, 6) is 0.522. The second-order valence-corrected chi connectivity index (χ2v) is 5.37. The summed E-state index contributed by atoms with van der Waals surface area (Å²) in [6.45, 7) is 5.04. The molecule has 0 saturated carbocycles. The lowest BCUT2D eigenvalue weighted by atomic mass is 10.1. The molecule has 106 valence electrons. The lowest BCUT2D eigenvalue weighted by Gasteiger charge is -2.24. The molecule has 0 aliphatic carbocycles. The molecule has 0 aliphatic rings. The molecule has 1 aromatic carbocycles. The Morgan fingerprint density at radius 2 is 1.95 bits per heavy atom. The van der Waals surface area contributed by atoms with Gasteiger partial charge in [-0.15, -0.1) is 0 Å². The van der Waals surface area contributed by atoms with Crippen molar-refractivity contribution in [3.63, 3.8) is 0 Å². The van der Waals surface area contributed by atoms with E-state index in [4.69, 9.17) is 5.73 Å². The smallest absolute Gasteiger partial charge is 0.255 e. The fourth-order valence-electron chi connectivity index (χ4n) is 2.00. The van der Waals surface area contributed by atoms with Crippen LogP contribution in [0.2, 0.25) is 0 Å². The lowest BCUT2D eigenvalue weighted by Crippen LogP contribution is -2.32. The monoisotopic (exact) mass is 263 g/mol. The molecule has 0 fully saturated rings. The largest absolute Gasteiger partial charge is 0.399 e. The van der Waals surface area contributed by atoms with Crippen molar-refractivity contribution in [2.45, 2.75) is 20.3 Å². The van der Waals surface area contributed by atoms with Crippen LogP contribution < -0.4 is 10.6 Å². The molecule has 1 rings (SSSR count). The third-order valence-electron chi connectivity index (χ3n) is 3.36. The number of nitrogens with zero attached hydrogens (tertiary/aromatic N) is 2. The van der Waals surface area contributed by atoms with E-state index in [1.54, 1.807) is 11.0 Å². The molecule has 0 radical (unpaired) electrons. The average Bonchev–Trinajstić information content (AvgIpc) is 2.36. The first-order valence-electron chi connectivity index (χ1n) is 6.69. The molecule has 0 bridgehead atoms. The quantitative estimate of drug-likeness (QED) is 0.830. The van der Waals surface area contributed by atoms with Crippen LogP contribution in [0.3, 0.4) is 0 Å². The van der Waals surface area contributed by atoms with Crippen molar-refractivity contribution in [1.29, 1.82) is 0 Å². The van der Waals surface area contributed by atoms with E-state index in [-0.39, 0.29) is 5.91 Å². The molecule has 0 saturated heterocycles. The first kappa shape index (κ1) is 15.3. The first-order chi connectivity index (χ1) is 8.86. The van der Waals surface area contributed by atoms with E-state index >= 15 is 0 Å². The highest BCUT2D eigenvalue weighted by Crippen LogP contribution is 2.23. The van der Waals surface area contributed by atoms with E-state index in [0.29, 0.717) is 17.2 Å². The highest BCUT2D eigenvalue weighted by molar-refractivity contribution is 6.00. The molecule has 2 N–H and O–H groups in total. The second-order valence-electron chi connectivity index (χ2n) is 5.37. The Morgan fingerprint density at radius 1 is 1.32 bits per heavy atom. The molecule has 1 aromatic rings. The van der Waals surface area contributed by atoms with Crippen molar-refractivity contribution < 1.29 is 4.79 Å². The second kappa shape index (κ2) is 6.45. The predicted octanol–water partition coefficient (Wildman–Crippen LogP) is 2.45. The fraction of sp³-hybridized carbons (Fsp3) is 0.533. The summed E-state index contributed by atoms with van der Waals surface area (Å²) in [6, 6.07) is 5.46. The van der Waals surface area contributed by atoms with Gasteiger partial charge in [0.15, 0.2) is 0 Å². The topological polar surface area (TPSA) is 49.6 Å². The normalized spacial score (nSPS) is 12.1. The summed E-state index contributed by atoms with van der Waals surface area (Å²) in [7, 11) is 5.70. The first-order valence-corrected chi connectivity index (χ1v) is 6.69. The van der Waals surface area contributed by atoms with Crippen molar-refractivity contribution in [3.8, 4) is 0 Å². The number of anilines is 2. The zero-order valence-corrected chi connectivity index (χ0v) is 12.6. The SMILES string of the molecule is CCC(C)CN(C)C(=O)c1cc(N)ccc1N(C)C. The number of nitrogen functional groups attached to an aromatic ring is 1. The van der Waals surface area contributed by atoms with E-state index in [2.05, 4.69) is 13.8 Å². The Labute approximate surface area is 116 Å². The molecular weight excluding hydrogens is 238 g/mol. The molecule has 19 heavy (non-hydrogen) atoms. The number of nitrogens with two attached hydrogens (primary N) is 1. The number of rotatable bonds is 5. The third-order valence-corrected chi connectivity index (χ3v) is 3.36. The number of benzene rings is 1. The minimum Gasteiger partial charge on any atom is -0.399 e. The van der Waals surface area contributed by atoms with E-state index in [1.807, 2.05) is 38.2 Å². The molecule has 0 heterocycles. The van der Waals surface area contributed by atoms with Crippen LogP contribution in [0.1, 0.15) is 30.6 Å². The molecule has 4 heteroatoms. The average molecular weight is 263 g/mol. The van der Waals surface area contributed by atoms with Crippen molar-refractivity contribution in [1.82, 2.24) is 4.90 Å². The minimum atomic E-state index is 0.0244. The van der Waals surface area contributed by atoms with Crippen LogP contribution in [0.15, 0.2) is 18.2 Å². The summed E-state index contributed by atoms with van der Waals surface area (Å²) >= 11 is 0. The molecule has 4 nitrogen and oxygen atoms in total. The van der Waals surface area contributed by atoms with E-state index in [1.165, 1.54) is 0 Å². The fourth-order valence-corrected chi connectivity index (χ4v) is 2.00. The molecule has 0 aliphatic heterocycles. The summed E-state index contributed by atoms with van der Waals surface area (Å²) in [6.07, 6.45) is 1.06. The van der Waals surface area contributed by atoms with Crippen LogP contribution in [-0.4, -0.2) is 38.5 Å². The van der Waals surface area contributed by atoms with Gasteiger partial charge in [0.2, 0.25) is 0 Å². The van der Waals surface area contributed by atoms with Crippen LogP contribution in [0.5, 0.6) is 0 Å². The lowest BCUT2D eigenvalue weighted by molar-refractivity contribution is 0.0775. The van der Waals surface area contributed by atoms with Crippen LogP contribution in [-0.2, 0) is 0 Å². The third kappa shape index (κ3) is 3.88. The van der Waals surface area contributed by atoms with Gasteiger partial charge in [-0.3, -0.25) is 4.79 Å². The molecular formula is C15H25N3O. The summed E-state index contributed by atoms with van der Waals surface area (Å²) < 4.78 is 0. The Morgan fingerprint density at radius 3 is 2.47 bits per heavy atom. The van der Waals surface area contributed by atoms with Crippen LogP contribution in [0, 0.1) is 5.92 Å². The van der Waals surface area contributed by atoms with Gasteiger partial charge in [-0.1, -0.05) is 20.3 Å². The van der Waals surface area contributed by atoms with Gasteiger partial charge in [-0.2, -0.15) is 0 Å². The van der Waals surface area contributed by atoms with Crippen molar-refractivity contribution in [3.05, 3.63) is 23.8 Å². The highest BCUT2D eigenvalue weighted by atomic mass is 16.2. The Hall–Kier alpha value is -1.71. The highest BCUT2D eigenvalue weighted by Gasteiger charge is 2.18. The van der Waals surface area contributed by atoms with Gasteiger partial charge in [0.1, 0.15) is 0 Å². The summed E-state index contributed by atoms with van der Waals surface area (Å²) in [4.78, 5) is 16.2. The maximum absolute atomic E-state index is 12.5. The Kier molecular flexibility index (Phi) is 5.21. The molecule has 1 atom stereocenters. The molecule has 1 amide bonds. The summed E-state index contributed by atoms with van der Waals surface area (Å²) in [5, 5.41) is 0. The van der Waals surface area contributed by atoms with Crippen LogP contribution in [0.25, 0.3) is 0 Å². The van der Waals surface area contributed by atoms with Crippen LogP contribution >= 0.6 is 0 Å². The minimum absolute atomic E-state index is 0.0244.